The van der Waals surface area contributed by atoms with Gasteiger partial charge >= 0.3 is 0 Å². The summed E-state index contributed by atoms with van der Waals surface area (Å²) in [4.78, 5) is 23.0. The predicted octanol–water partition coefficient (Wildman–Crippen LogP) is 4.92. The summed E-state index contributed by atoms with van der Waals surface area (Å²) in [6.45, 7) is 7.99. The average Bonchev–Trinajstić information content (AvgIpc) is 3.38. The third-order valence-corrected chi connectivity index (χ3v) is 6.99. The summed E-state index contributed by atoms with van der Waals surface area (Å²) < 4.78 is 1.90. The molecule has 0 fully saturated rings. The van der Waals surface area contributed by atoms with Crippen LogP contribution < -0.4 is 5.56 Å². The molecule has 0 aliphatic rings. The monoisotopic (exact) mass is 507 g/mol. The third-order valence-electron chi connectivity index (χ3n) is 6.99. The van der Waals surface area contributed by atoms with Crippen LogP contribution in [0.4, 0.5) is 0 Å². The lowest BCUT2D eigenvalue weighted by Gasteiger charge is -2.30. The van der Waals surface area contributed by atoms with Crippen molar-refractivity contribution in [1.82, 2.24) is 35.1 Å². The molecule has 0 unspecified atom stereocenters. The van der Waals surface area contributed by atoms with E-state index in [0.717, 1.165) is 40.7 Å². The van der Waals surface area contributed by atoms with Crippen LogP contribution in [-0.4, -0.2) is 35.1 Å². The Morgan fingerprint density at radius 1 is 1.00 bits per heavy atom. The van der Waals surface area contributed by atoms with Crippen molar-refractivity contribution in [2.75, 3.05) is 0 Å². The van der Waals surface area contributed by atoms with Crippen molar-refractivity contribution < 1.29 is 0 Å². The van der Waals surface area contributed by atoms with Gasteiger partial charge in [-0.05, 0) is 77.4 Å². The Labute approximate surface area is 222 Å². The first-order valence-corrected chi connectivity index (χ1v) is 13.1. The standard InChI is InChI=1S/C30H33N7O/c1-4-27(29-33-34-35-37(29)14-12-23-9-6-5-7-10-23)36(19-24-11-8-13-31-18-24)20-26-17-25-16-21(2)15-22(3)28(25)32-30(26)38/h5-11,13,15-18,27H,4,12,14,19-20H2,1-3H3,(H,32,38)/t27-/m0/s1. The highest BCUT2D eigenvalue weighted by molar-refractivity contribution is 5.82. The molecule has 0 aliphatic heterocycles. The second-order valence-corrected chi connectivity index (χ2v) is 9.86. The maximum atomic E-state index is 13.2. The fraction of sp³-hybridized carbons (Fsp3) is 0.300. The lowest BCUT2D eigenvalue weighted by atomic mass is 10.0. The van der Waals surface area contributed by atoms with Crippen LogP contribution in [0.5, 0.6) is 0 Å². The molecule has 0 amide bonds. The number of fused-ring (bicyclic) bond motifs is 1. The fourth-order valence-corrected chi connectivity index (χ4v) is 5.16. The zero-order valence-corrected chi connectivity index (χ0v) is 22.1. The van der Waals surface area contributed by atoms with E-state index in [9.17, 15) is 4.79 Å². The minimum atomic E-state index is -0.0877. The molecule has 5 aromatic rings. The summed E-state index contributed by atoms with van der Waals surface area (Å²) in [6.07, 6.45) is 5.26. The number of rotatable bonds is 10. The first-order chi connectivity index (χ1) is 18.5. The largest absolute Gasteiger partial charge is 0.321 e. The van der Waals surface area contributed by atoms with Gasteiger partial charge in [-0.3, -0.25) is 14.7 Å². The number of hydrogen-bond acceptors (Lipinski definition) is 6. The Balaban J connectivity index is 1.49. The van der Waals surface area contributed by atoms with Crippen LogP contribution in [0.15, 0.2) is 77.9 Å². The van der Waals surface area contributed by atoms with E-state index in [2.05, 4.69) is 74.6 Å². The Morgan fingerprint density at radius 3 is 2.58 bits per heavy atom. The highest BCUT2D eigenvalue weighted by Crippen LogP contribution is 2.27. The molecule has 1 atom stereocenters. The van der Waals surface area contributed by atoms with E-state index in [1.54, 1.807) is 6.20 Å². The van der Waals surface area contributed by atoms with E-state index in [0.29, 0.717) is 25.2 Å². The third kappa shape index (κ3) is 5.70. The average molecular weight is 508 g/mol. The van der Waals surface area contributed by atoms with Gasteiger partial charge in [-0.1, -0.05) is 55.0 Å². The van der Waals surface area contributed by atoms with E-state index >= 15 is 0 Å². The zero-order chi connectivity index (χ0) is 26.5. The van der Waals surface area contributed by atoms with Crippen molar-refractivity contribution in [3.05, 3.63) is 117 Å². The summed E-state index contributed by atoms with van der Waals surface area (Å²) in [7, 11) is 0. The van der Waals surface area contributed by atoms with E-state index in [1.165, 1.54) is 11.1 Å². The maximum Gasteiger partial charge on any atom is 0.252 e. The van der Waals surface area contributed by atoms with Crippen LogP contribution in [-0.2, 0) is 26.1 Å². The second-order valence-electron chi connectivity index (χ2n) is 9.86. The van der Waals surface area contributed by atoms with E-state index < -0.39 is 0 Å². The van der Waals surface area contributed by atoms with Gasteiger partial charge in [-0.15, -0.1) is 5.10 Å². The van der Waals surface area contributed by atoms with E-state index in [1.807, 2.05) is 48.1 Å². The van der Waals surface area contributed by atoms with Crippen molar-refractivity contribution in [2.24, 2.45) is 0 Å². The minimum Gasteiger partial charge on any atom is -0.321 e. The minimum absolute atomic E-state index is 0.0702. The molecule has 0 aliphatic carbocycles. The molecule has 2 aromatic carbocycles. The summed E-state index contributed by atoms with van der Waals surface area (Å²) in [6, 6.07) is 20.5. The lowest BCUT2D eigenvalue weighted by Crippen LogP contribution is -2.32. The maximum absolute atomic E-state index is 13.2. The highest BCUT2D eigenvalue weighted by atomic mass is 16.1. The molecule has 3 aromatic heterocycles. The normalized spacial score (nSPS) is 12.3. The van der Waals surface area contributed by atoms with Gasteiger partial charge in [0.2, 0.25) is 0 Å². The molecule has 0 spiro atoms. The van der Waals surface area contributed by atoms with Gasteiger partial charge in [0.05, 0.1) is 11.6 Å². The molecular weight excluding hydrogens is 474 g/mol. The Bertz CT molecular complexity index is 1560. The van der Waals surface area contributed by atoms with Crippen LogP contribution >= 0.6 is 0 Å². The molecule has 0 saturated carbocycles. The molecule has 0 radical (unpaired) electrons. The number of nitrogens with zero attached hydrogens (tertiary/aromatic N) is 6. The second kappa shape index (κ2) is 11.5. The summed E-state index contributed by atoms with van der Waals surface area (Å²) in [5.41, 5.74) is 6.08. The van der Waals surface area contributed by atoms with Gasteiger partial charge in [0.15, 0.2) is 5.82 Å². The molecule has 38 heavy (non-hydrogen) atoms. The number of benzene rings is 2. The Hall–Kier alpha value is -4.17. The molecule has 5 rings (SSSR count). The van der Waals surface area contributed by atoms with Crippen LogP contribution in [0.25, 0.3) is 10.9 Å². The van der Waals surface area contributed by atoms with Gasteiger partial charge in [0.1, 0.15) is 0 Å². The molecule has 3 heterocycles. The summed E-state index contributed by atoms with van der Waals surface area (Å²) >= 11 is 0. The first kappa shape index (κ1) is 25.5. The Morgan fingerprint density at radius 2 is 1.82 bits per heavy atom. The van der Waals surface area contributed by atoms with Gasteiger partial charge in [-0.2, -0.15) is 0 Å². The summed E-state index contributed by atoms with van der Waals surface area (Å²) in [5.74, 6) is 0.802. The van der Waals surface area contributed by atoms with Crippen molar-refractivity contribution in [1.29, 1.82) is 0 Å². The van der Waals surface area contributed by atoms with Crippen LogP contribution in [0, 0.1) is 13.8 Å². The number of hydrogen-bond donors (Lipinski definition) is 1. The van der Waals surface area contributed by atoms with Crippen LogP contribution in [0.1, 0.15) is 53.0 Å². The van der Waals surface area contributed by atoms with E-state index in [-0.39, 0.29) is 11.6 Å². The number of pyridine rings is 2. The topological polar surface area (TPSA) is 92.6 Å². The van der Waals surface area contributed by atoms with Crippen molar-refractivity contribution in [3.8, 4) is 0 Å². The number of aromatic nitrogens is 6. The quantitative estimate of drug-likeness (QED) is 0.288. The molecule has 194 valence electrons. The van der Waals surface area contributed by atoms with Crippen molar-refractivity contribution in [2.45, 2.75) is 59.3 Å². The predicted molar refractivity (Wildman–Crippen MR) is 149 cm³/mol. The molecule has 8 heteroatoms. The number of tetrazole rings is 1. The van der Waals surface area contributed by atoms with Crippen molar-refractivity contribution in [3.63, 3.8) is 0 Å². The highest BCUT2D eigenvalue weighted by Gasteiger charge is 2.26. The van der Waals surface area contributed by atoms with Gasteiger partial charge < -0.3 is 4.98 Å². The summed E-state index contributed by atoms with van der Waals surface area (Å²) in [5, 5.41) is 13.9. The van der Waals surface area contributed by atoms with Gasteiger partial charge in [0.25, 0.3) is 5.56 Å². The number of nitrogens with one attached hydrogen (secondary N) is 1. The molecule has 0 saturated heterocycles. The van der Waals surface area contributed by atoms with Gasteiger partial charge in [0, 0.05) is 37.6 Å². The number of aryl methyl sites for hydroxylation is 4. The lowest BCUT2D eigenvalue weighted by molar-refractivity contribution is 0.160. The van der Waals surface area contributed by atoms with Crippen molar-refractivity contribution >= 4 is 10.9 Å². The molecule has 8 nitrogen and oxygen atoms in total. The zero-order valence-electron chi connectivity index (χ0n) is 22.1. The number of H-pyrrole nitrogens is 1. The Kier molecular flexibility index (Phi) is 7.70. The smallest absolute Gasteiger partial charge is 0.252 e. The van der Waals surface area contributed by atoms with Crippen LogP contribution in [0.3, 0.4) is 0 Å². The fourth-order valence-electron chi connectivity index (χ4n) is 5.16. The van der Waals surface area contributed by atoms with Crippen LogP contribution in [0.2, 0.25) is 0 Å². The molecule has 1 N–H and O–H groups in total. The SMILES string of the molecule is CC[C@@H](c1nnnn1CCc1ccccc1)N(Cc1cccnc1)Cc1cc2cc(C)cc(C)c2[nH]c1=O. The molecule has 0 bridgehead atoms. The van der Waals surface area contributed by atoms with Gasteiger partial charge in [-0.25, -0.2) is 4.68 Å². The number of aromatic amines is 1. The first-order valence-electron chi connectivity index (χ1n) is 13.1. The molecular formula is C30H33N7O. The van der Waals surface area contributed by atoms with E-state index in [4.69, 9.17) is 0 Å².